The van der Waals surface area contributed by atoms with Gasteiger partial charge in [0.1, 0.15) is 0 Å². The van der Waals surface area contributed by atoms with Gasteiger partial charge in [-0.1, -0.05) is 218 Å². The molecule has 16 rings (SSSR count). The smallest absolute Gasteiger partial charge is 0.0541 e. The maximum absolute atomic E-state index is 2.44. The molecule has 362 valence electrons. The van der Waals surface area contributed by atoms with Gasteiger partial charge < -0.3 is 9.13 Å². The Morgan fingerprint density at radius 2 is 0.397 bits per heavy atom. The fourth-order valence-corrected chi connectivity index (χ4v) is 12.8. The first kappa shape index (κ1) is 44.1. The van der Waals surface area contributed by atoms with Gasteiger partial charge in [0.05, 0.1) is 22.1 Å². The summed E-state index contributed by atoms with van der Waals surface area (Å²) >= 11 is 0. The summed E-state index contributed by atoms with van der Waals surface area (Å²) in [6.07, 6.45) is 0. The second kappa shape index (κ2) is 17.7. The molecule has 0 aliphatic carbocycles. The SMILES string of the molecule is c1ccc2c(-c3ccc4c(c3)c3cc(-c5cccc6ccccc56)ccc3n4-c3ccc(-c4ccc(-n5c6ccc(-c7cccc8ccccc78)cc6c6cc(-c7cccc8ccccc78)ccc65)cc4)cc3)cccc2c1. The molecule has 0 N–H and O–H groups in total. The molecular weight excluding hydrogens is 941 g/mol. The van der Waals surface area contributed by atoms with E-state index in [0.29, 0.717) is 0 Å². The first-order chi connectivity index (χ1) is 38.7. The van der Waals surface area contributed by atoms with Crippen LogP contribution in [0.4, 0.5) is 0 Å². The molecule has 0 spiro atoms. The first-order valence-corrected chi connectivity index (χ1v) is 27.0. The molecule has 0 saturated heterocycles. The minimum atomic E-state index is 1.13. The molecule has 0 aliphatic rings. The molecule has 0 fully saturated rings. The Balaban J connectivity index is 0.799. The predicted octanol–water partition coefficient (Wildman–Crippen LogP) is 20.8. The Kier molecular flexibility index (Phi) is 9.98. The van der Waals surface area contributed by atoms with E-state index in [1.165, 1.54) is 142 Å². The van der Waals surface area contributed by atoms with Crippen molar-refractivity contribution < 1.29 is 0 Å². The van der Waals surface area contributed by atoms with Crippen molar-refractivity contribution in [2.24, 2.45) is 0 Å². The summed E-state index contributed by atoms with van der Waals surface area (Å²) in [5.41, 5.74) is 19.1. The van der Waals surface area contributed by atoms with Crippen LogP contribution in [0.5, 0.6) is 0 Å². The topological polar surface area (TPSA) is 9.86 Å². The standard InChI is InChI=1S/C76H48N2/c1-5-21-61-51(13-1)17-9-25-65(61)55-33-41-73-69(45-55)70-46-56(66-26-10-18-52-14-2-6-22-62(52)66)34-42-74(70)77(73)59-37-29-49(30-38-59)50-31-39-60(40-32-50)78-75-43-35-57(67-27-11-19-53-15-3-7-23-63(53)67)47-71(75)72-48-58(36-44-76(72)78)68-28-12-20-54-16-4-8-24-64(54)68/h1-48H. The van der Waals surface area contributed by atoms with Crippen LogP contribution in [-0.4, -0.2) is 9.13 Å². The van der Waals surface area contributed by atoms with Crippen LogP contribution < -0.4 is 0 Å². The summed E-state index contributed by atoms with van der Waals surface area (Å²) in [5, 5.41) is 15.0. The van der Waals surface area contributed by atoms with Gasteiger partial charge in [-0.3, -0.25) is 0 Å². The summed E-state index contributed by atoms with van der Waals surface area (Å²) in [4.78, 5) is 0. The highest BCUT2D eigenvalue weighted by Crippen LogP contribution is 2.43. The number of hydrogen-bond donors (Lipinski definition) is 0. The van der Waals surface area contributed by atoms with Crippen molar-refractivity contribution in [3.8, 4) is 67.0 Å². The second-order valence-corrected chi connectivity index (χ2v) is 20.8. The highest BCUT2D eigenvalue weighted by Gasteiger charge is 2.19. The van der Waals surface area contributed by atoms with Gasteiger partial charge in [0, 0.05) is 32.9 Å². The number of nitrogens with zero attached hydrogens (tertiary/aromatic N) is 2. The summed E-state index contributed by atoms with van der Waals surface area (Å²) < 4.78 is 4.88. The van der Waals surface area contributed by atoms with Gasteiger partial charge in [0.25, 0.3) is 0 Å². The van der Waals surface area contributed by atoms with Crippen LogP contribution in [0.3, 0.4) is 0 Å². The van der Waals surface area contributed by atoms with Crippen LogP contribution in [0.25, 0.3) is 154 Å². The highest BCUT2D eigenvalue weighted by molar-refractivity contribution is 6.15. The maximum Gasteiger partial charge on any atom is 0.0541 e. The fraction of sp³-hybridized carbons (Fsp3) is 0. The van der Waals surface area contributed by atoms with Crippen LogP contribution in [0.2, 0.25) is 0 Å². The van der Waals surface area contributed by atoms with Crippen LogP contribution in [0, 0.1) is 0 Å². The lowest BCUT2D eigenvalue weighted by Crippen LogP contribution is -1.95. The Morgan fingerprint density at radius 1 is 0.167 bits per heavy atom. The van der Waals surface area contributed by atoms with Gasteiger partial charge in [-0.15, -0.1) is 0 Å². The van der Waals surface area contributed by atoms with Crippen molar-refractivity contribution in [3.05, 3.63) is 291 Å². The molecule has 2 heterocycles. The van der Waals surface area contributed by atoms with Gasteiger partial charge >= 0.3 is 0 Å². The van der Waals surface area contributed by atoms with E-state index in [0.717, 1.165) is 11.4 Å². The molecule has 0 aliphatic heterocycles. The molecule has 0 radical (unpaired) electrons. The molecule has 2 aromatic heterocycles. The Labute approximate surface area is 451 Å². The van der Waals surface area contributed by atoms with Crippen LogP contribution in [-0.2, 0) is 0 Å². The molecule has 16 aromatic rings. The first-order valence-electron chi connectivity index (χ1n) is 27.0. The lowest BCUT2D eigenvalue weighted by molar-refractivity contribution is 1.18. The molecule has 2 nitrogen and oxygen atoms in total. The van der Waals surface area contributed by atoms with E-state index in [4.69, 9.17) is 0 Å². The monoisotopic (exact) mass is 988 g/mol. The number of aromatic nitrogens is 2. The zero-order chi connectivity index (χ0) is 51.3. The minimum Gasteiger partial charge on any atom is -0.309 e. The van der Waals surface area contributed by atoms with E-state index in [1.54, 1.807) is 0 Å². The molecule has 2 heteroatoms. The molecular formula is C76H48N2. The van der Waals surface area contributed by atoms with Crippen molar-refractivity contribution in [1.29, 1.82) is 0 Å². The van der Waals surface area contributed by atoms with E-state index in [2.05, 4.69) is 300 Å². The van der Waals surface area contributed by atoms with Gasteiger partial charge in [-0.25, -0.2) is 0 Å². The van der Waals surface area contributed by atoms with Crippen LogP contribution in [0.15, 0.2) is 291 Å². The third-order valence-electron chi connectivity index (χ3n) is 16.5. The third kappa shape index (κ3) is 7.04. The van der Waals surface area contributed by atoms with Gasteiger partial charge in [-0.2, -0.15) is 0 Å². The second-order valence-electron chi connectivity index (χ2n) is 20.8. The van der Waals surface area contributed by atoms with Gasteiger partial charge in [0.15, 0.2) is 0 Å². The lowest BCUT2D eigenvalue weighted by atomic mass is 9.95. The van der Waals surface area contributed by atoms with E-state index in [9.17, 15) is 0 Å². The molecule has 0 unspecified atom stereocenters. The average molecular weight is 989 g/mol. The normalized spacial score (nSPS) is 11.8. The van der Waals surface area contributed by atoms with Crippen LogP contribution in [0.1, 0.15) is 0 Å². The number of fused-ring (bicyclic) bond motifs is 10. The Bertz CT molecular complexity index is 4450. The molecule has 0 bridgehead atoms. The largest absolute Gasteiger partial charge is 0.309 e. The summed E-state index contributed by atoms with van der Waals surface area (Å²) in [5.74, 6) is 0. The molecule has 0 atom stereocenters. The van der Waals surface area contributed by atoms with E-state index in [-0.39, 0.29) is 0 Å². The van der Waals surface area contributed by atoms with Crippen molar-refractivity contribution in [2.45, 2.75) is 0 Å². The minimum absolute atomic E-state index is 1.13. The van der Waals surface area contributed by atoms with Gasteiger partial charge in [-0.05, 0) is 172 Å². The summed E-state index contributed by atoms with van der Waals surface area (Å²) in [6, 6.07) is 108. The van der Waals surface area contributed by atoms with Crippen molar-refractivity contribution in [2.75, 3.05) is 0 Å². The number of benzene rings is 14. The zero-order valence-electron chi connectivity index (χ0n) is 42.6. The number of hydrogen-bond acceptors (Lipinski definition) is 0. The van der Waals surface area contributed by atoms with Crippen molar-refractivity contribution >= 4 is 86.7 Å². The van der Waals surface area contributed by atoms with E-state index >= 15 is 0 Å². The van der Waals surface area contributed by atoms with Crippen LogP contribution >= 0.6 is 0 Å². The summed E-state index contributed by atoms with van der Waals surface area (Å²) in [7, 11) is 0. The zero-order valence-corrected chi connectivity index (χ0v) is 42.6. The van der Waals surface area contributed by atoms with E-state index < -0.39 is 0 Å². The van der Waals surface area contributed by atoms with Crippen molar-refractivity contribution in [3.63, 3.8) is 0 Å². The number of rotatable bonds is 7. The molecule has 0 saturated carbocycles. The van der Waals surface area contributed by atoms with Crippen molar-refractivity contribution in [1.82, 2.24) is 9.13 Å². The average Bonchev–Trinajstić information content (AvgIpc) is 4.14. The Hall–Kier alpha value is -10.3. The fourth-order valence-electron chi connectivity index (χ4n) is 12.8. The Morgan fingerprint density at radius 3 is 0.667 bits per heavy atom. The molecule has 0 amide bonds. The molecule has 14 aromatic carbocycles. The molecule has 78 heavy (non-hydrogen) atoms. The highest BCUT2D eigenvalue weighted by atomic mass is 15.0. The summed E-state index contributed by atoms with van der Waals surface area (Å²) in [6.45, 7) is 0. The maximum atomic E-state index is 2.44. The third-order valence-corrected chi connectivity index (χ3v) is 16.5. The quantitative estimate of drug-likeness (QED) is 0.151. The van der Waals surface area contributed by atoms with Gasteiger partial charge in [0.2, 0.25) is 0 Å². The lowest BCUT2D eigenvalue weighted by Gasteiger charge is -2.12. The predicted molar refractivity (Wildman–Crippen MR) is 332 cm³/mol. The van der Waals surface area contributed by atoms with E-state index in [1.807, 2.05) is 0 Å².